The molecule has 1 N–H and O–H groups in total. The summed E-state index contributed by atoms with van der Waals surface area (Å²) in [6.07, 6.45) is 5.70. The van der Waals surface area contributed by atoms with Gasteiger partial charge in [0.15, 0.2) is 0 Å². The SMILES string of the molecule is C=CCCCC12CC(C(=O)O)N(C(=O)OC(C)(C)C)C1C2. The minimum atomic E-state index is -0.934. The zero-order chi connectivity index (χ0) is 15.8. The molecule has 1 aliphatic carbocycles. The minimum absolute atomic E-state index is 0.0109. The first-order chi connectivity index (χ1) is 9.70. The third-order valence-electron chi connectivity index (χ3n) is 4.39. The minimum Gasteiger partial charge on any atom is -0.480 e. The quantitative estimate of drug-likeness (QED) is 0.625. The van der Waals surface area contributed by atoms with Crippen LogP contribution >= 0.6 is 0 Å². The zero-order valence-corrected chi connectivity index (χ0v) is 13.1. The van der Waals surface area contributed by atoms with Crippen LogP contribution < -0.4 is 0 Å². The Bertz CT molecular complexity index is 454. The Labute approximate surface area is 126 Å². The second-order valence-electron chi connectivity index (χ2n) is 7.21. The van der Waals surface area contributed by atoms with Crippen molar-refractivity contribution >= 4 is 12.1 Å². The van der Waals surface area contributed by atoms with Gasteiger partial charge in [0.2, 0.25) is 0 Å². The number of aliphatic carboxylic acids is 1. The molecule has 2 fully saturated rings. The molecule has 5 heteroatoms. The van der Waals surface area contributed by atoms with E-state index in [1.807, 2.05) is 6.08 Å². The van der Waals surface area contributed by atoms with Crippen LogP contribution in [-0.2, 0) is 9.53 Å². The third-order valence-corrected chi connectivity index (χ3v) is 4.39. The molecule has 118 valence electrons. The van der Waals surface area contributed by atoms with E-state index in [1.165, 1.54) is 4.90 Å². The van der Waals surface area contributed by atoms with Crippen LogP contribution in [0.25, 0.3) is 0 Å². The molecule has 0 aromatic carbocycles. The molecule has 2 rings (SSSR count). The number of carbonyl (C=O) groups excluding carboxylic acids is 1. The molecule has 0 spiro atoms. The summed E-state index contributed by atoms with van der Waals surface area (Å²) in [6.45, 7) is 9.09. The summed E-state index contributed by atoms with van der Waals surface area (Å²) in [5, 5.41) is 9.39. The predicted molar refractivity (Wildman–Crippen MR) is 79.0 cm³/mol. The van der Waals surface area contributed by atoms with Gasteiger partial charge in [-0.05, 0) is 58.3 Å². The number of amides is 1. The van der Waals surface area contributed by atoms with Crippen LogP contribution in [0.1, 0.15) is 52.9 Å². The number of allylic oxidation sites excluding steroid dienone is 1. The van der Waals surface area contributed by atoms with E-state index in [4.69, 9.17) is 4.74 Å². The highest BCUT2D eigenvalue weighted by Crippen LogP contribution is 2.62. The number of rotatable bonds is 5. The van der Waals surface area contributed by atoms with E-state index in [2.05, 4.69) is 6.58 Å². The molecule has 1 heterocycles. The van der Waals surface area contributed by atoms with E-state index in [9.17, 15) is 14.7 Å². The average Bonchev–Trinajstić information content (AvgIpc) is 2.92. The molecule has 5 nitrogen and oxygen atoms in total. The summed E-state index contributed by atoms with van der Waals surface area (Å²) in [7, 11) is 0. The number of unbranched alkanes of at least 4 members (excludes halogenated alkanes) is 1. The topological polar surface area (TPSA) is 66.8 Å². The standard InChI is InChI=1S/C16H25NO4/c1-5-6-7-8-16-9-11(13(18)19)17(12(16)10-16)14(20)21-15(2,3)4/h5,11-12H,1,6-10H2,2-4H3,(H,18,19). The van der Waals surface area contributed by atoms with Gasteiger partial charge >= 0.3 is 12.1 Å². The van der Waals surface area contributed by atoms with E-state index >= 15 is 0 Å². The highest BCUT2D eigenvalue weighted by molar-refractivity contribution is 5.82. The van der Waals surface area contributed by atoms with Crippen LogP contribution in [0.5, 0.6) is 0 Å². The van der Waals surface area contributed by atoms with E-state index in [0.717, 1.165) is 25.7 Å². The molecule has 21 heavy (non-hydrogen) atoms. The number of hydrogen-bond acceptors (Lipinski definition) is 3. The van der Waals surface area contributed by atoms with Gasteiger partial charge in [-0.3, -0.25) is 4.90 Å². The van der Waals surface area contributed by atoms with Gasteiger partial charge in [-0.15, -0.1) is 6.58 Å². The fourth-order valence-electron chi connectivity index (χ4n) is 3.38. The van der Waals surface area contributed by atoms with Gasteiger partial charge in [-0.2, -0.15) is 0 Å². The molecule has 0 radical (unpaired) electrons. The number of ether oxygens (including phenoxy) is 1. The number of carbonyl (C=O) groups is 2. The number of hydrogen-bond donors (Lipinski definition) is 1. The van der Waals surface area contributed by atoms with E-state index in [-0.39, 0.29) is 11.5 Å². The molecule has 3 unspecified atom stereocenters. The Morgan fingerprint density at radius 3 is 2.62 bits per heavy atom. The Morgan fingerprint density at radius 2 is 2.10 bits per heavy atom. The van der Waals surface area contributed by atoms with Crippen LogP contribution in [0.3, 0.4) is 0 Å². The normalized spacial score (nSPS) is 30.7. The van der Waals surface area contributed by atoms with Gasteiger partial charge in [-0.1, -0.05) is 6.08 Å². The molecule has 0 aromatic heterocycles. The molecule has 2 aliphatic rings. The molecule has 3 atom stereocenters. The predicted octanol–water partition coefficient (Wildman–Crippen LogP) is 3.20. The molecule has 0 aromatic rings. The number of carboxylic acid groups (broad SMARTS) is 1. The Balaban J connectivity index is 2.08. The molecule has 1 saturated heterocycles. The van der Waals surface area contributed by atoms with E-state index < -0.39 is 23.7 Å². The lowest BCUT2D eigenvalue weighted by atomic mass is 9.93. The Kier molecular flexibility index (Phi) is 4.04. The van der Waals surface area contributed by atoms with Crippen LogP contribution in [0, 0.1) is 5.41 Å². The van der Waals surface area contributed by atoms with E-state index in [1.54, 1.807) is 20.8 Å². The number of nitrogens with zero attached hydrogens (tertiary/aromatic N) is 1. The summed E-state index contributed by atoms with van der Waals surface area (Å²) in [5.41, 5.74) is -0.619. The number of carboxylic acids is 1. The van der Waals surface area contributed by atoms with Crippen molar-refractivity contribution in [2.45, 2.75) is 70.6 Å². The summed E-state index contributed by atoms with van der Waals surface area (Å²) in [4.78, 5) is 25.2. The van der Waals surface area contributed by atoms with Gasteiger partial charge in [0.1, 0.15) is 11.6 Å². The molecule has 1 aliphatic heterocycles. The second kappa shape index (κ2) is 5.35. The monoisotopic (exact) mass is 295 g/mol. The lowest BCUT2D eigenvalue weighted by Crippen LogP contribution is -2.45. The first-order valence-electron chi connectivity index (χ1n) is 7.55. The van der Waals surface area contributed by atoms with Gasteiger partial charge in [0.05, 0.1) is 0 Å². The molecular weight excluding hydrogens is 270 g/mol. The fraction of sp³-hybridized carbons (Fsp3) is 0.750. The van der Waals surface area contributed by atoms with Gasteiger partial charge in [0.25, 0.3) is 0 Å². The van der Waals surface area contributed by atoms with Crippen molar-refractivity contribution in [2.75, 3.05) is 0 Å². The van der Waals surface area contributed by atoms with Crippen molar-refractivity contribution in [2.24, 2.45) is 5.41 Å². The maximum atomic E-state index is 12.3. The number of piperidine rings is 1. The summed E-state index contributed by atoms with van der Waals surface area (Å²) >= 11 is 0. The van der Waals surface area contributed by atoms with Crippen LogP contribution in [0.15, 0.2) is 12.7 Å². The van der Waals surface area contributed by atoms with Crippen LogP contribution in [-0.4, -0.2) is 39.8 Å². The lowest BCUT2D eigenvalue weighted by molar-refractivity contribution is -0.142. The summed E-state index contributed by atoms with van der Waals surface area (Å²) < 4.78 is 5.38. The third kappa shape index (κ3) is 3.22. The van der Waals surface area contributed by atoms with Crippen molar-refractivity contribution in [1.82, 2.24) is 4.90 Å². The first kappa shape index (κ1) is 15.9. The van der Waals surface area contributed by atoms with Crippen molar-refractivity contribution < 1.29 is 19.4 Å². The summed E-state index contributed by atoms with van der Waals surface area (Å²) in [5.74, 6) is -0.934. The van der Waals surface area contributed by atoms with Crippen molar-refractivity contribution in [1.29, 1.82) is 0 Å². The molecular formula is C16H25NO4. The second-order valence-corrected chi connectivity index (χ2v) is 7.21. The highest BCUT2D eigenvalue weighted by atomic mass is 16.6. The zero-order valence-electron chi connectivity index (χ0n) is 13.1. The molecule has 1 amide bonds. The number of likely N-dealkylation sites (tertiary alicyclic amines) is 1. The first-order valence-corrected chi connectivity index (χ1v) is 7.55. The van der Waals surface area contributed by atoms with Crippen molar-refractivity contribution in [3.63, 3.8) is 0 Å². The lowest BCUT2D eigenvalue weighted by Gasteiger charge is -2.28. The smallest absolute Gasteiger partial charge is 0.411 e. The maximum absolute atomic E-state index is 12.3. The maximum Gasteiger partial charge on any atom is 0.411 e. The van der Waals surface area contributed by atoms with E-state index in [0.29, 0.717) is 6.42 Å². The fourth-order valence-corrected chi connectivity index (χ4v) is 3.38. The molecule has 1 saturated carbocycles. The summed E-state index contributed by atoms with van der Waals surface area (Å²) in [6, 6.07) is -0.722. The van der Waals surface area contributed by atoms with Gasteiger partial charge in [-0.25, -0.2) is 9.59 Å². The average molecular weight is 295 g/mol. The van der Waals surface area contributed by atoms with Crippen molar-refractivity contribution in [3.8, 4) is 0 Å². The highest BCUT2D eigenvalue weighted by Gasteiger charge is 2.67. The molecule has 0 bridgehead atoms. The Morgan fingerprint density at radius 1 is 1.43 bits per heavy atom. The van der Waals surface area contributed by atoms with Crippen molar-refractivity contribution in [3.05, 3.63) is 12.7 Å². The Hall–Kier alpha value is -1.52. The van der Waals surface area contributed by atoms with Gasteiger partial charge in [0, 0.05) is 6.04 Å². The van der Waals surface area contributed by atoms with Crippen LogP contribution in [0.2, 0.25) is 0 Å². The number of fused-ring (bicyclic) bond motifs is 1. The van der Waals surface area contributed by atoms with Gasteiger partial charge < -0.3 is 9.84 Å². The largest absolute Gasteiger partial charge is 0.480 e. The van der Waals surface area contributed by atoms with Crippen LogP contribution in [0.4, 0.5) is 4.79 Å².